The number of hydrogen-bond donors (Lipinski definition) is 2. The van der Waals surface area contributed by atoms with E-state index in [-0.39, 0.29) is 16.8 Å². The van der Waals surface area contributed by atoms with E-state index < -0.39 is 0 Å². The zero-order valence-corrected chi connectivity index (χ0v) is 18.4. The number of rotatable bonds is 8. The number of nitrogens with one attached hydrogen (secondary N) is 2. The van der Waals surface area contributed by atoms with Gasteiger partial charge in [-0.25, -0.2) is 9.38 Å². The van der Waals surface area contributed by atoms with Gasteiger partial charge in [0.25, 0.3) is 5.56 Å². The Bertz CT molecular complexity index is 1130. The molecule has 32 heavy (non-hydrogen) atoms. The molecule has 0 bridgehead atoms. The lowest BCUT2D eigenvalue weighted by Crippen LogP contribution is -2.41. The van der Waals surface area contributed by atoms with Crippen LogP contribution in [-0.2, 0) is 18.5 Å². The van der Waals surface area contributed by atoms with Crippen molar-refractivity contribution in [2.45, 2.75) is 38.3 Å². The quantitative estimate of drug-likeness (QED) is 0.420. The number of benzene rings is 2. The second kappa shape index (κ2) is 9.81. The third-order valence-corrected chi connectivity index (χ3v) is 5.92. The highest BCUT2D eigenvalue weighted by molar-refractivity contribution is 5.80. The highest BCUT2D eigenvalue weighted by Crippen LogP contribution is 2.47. The largest absolute Gasteiger partial charge is 0.357 e. The number of aliphatic imine (C=N–C) groups is 1. The summed E-state index contributed by atoms with van der Waals surface area (Å²) in [6.07, 6.45) is 3.90. The van der Waals surface area contributed by atoms with Gasteiger partial charge in [0.2, 0.25) is 0 Å². The average molecular weight is 433 g/mol. The van der Waals surface area contributed by atoms with E-state index in [1.165, 1.54) is 6.07 Å². The molecule has 3 aromatic rings. The Hall–Kier alpha value is -3.41. The van der Waals surface area contributed by atoms with E-state index in [9.17, 15) is 9.18 Å². The van der Waals surface area contributed by atoms with Gasteiger partial charge in [0, 0.05) is 30.8 Å². The Kier molecular flexibility index (Phi) is 6.69. The molecule has 2 aromatic carbocycles. The first-order valence-electron chi connectivity index (χ1n) is 11.1. The van der Waals surface area contributed by atoms with Crippen LogP contribution in [0, 0.1) is 5.82 Å². The van der Waals surface area contributed by atoms with Crippen molar-refractivity contribution in [2.75, 3.05) is 13.1 Å². The molecule has 1 aromatic heterocycles. The van der Waals surface area contributed by atoms with Crippen LogP contribution in [0.1, 0.15) is 36.5 Å². The van der Waals surface area contributed by atoms with Gasteiger partial charge in [-0.05, 0) is 54.7 Å². The highest BCUT2D eigenvalue weighted by Gasteiger charge is 2.44. The molecule has 1 heterocycles. The van der Waals surface area contributed by atoms with Crippen LogP contribution in [-0.4, -0.2) is 23.6 Å². The lowest BCUT2D eigenvalue weighted by Gasteiger charge is -2.19. The number of hydrogen-bond acceptors (Lipinski definition) is 2. The maximum absolute atomic E-state index is 13.7. The molecular weight excluding hydrogens is 403 g/mol. The number of halogens is 1. The van der Waals surface area contributed by atoms with Crippen molar-refractivity contribution >= 4 is 5.96 Å². The minimum atomic E-state index is -0.185. The fourth-order valence-corrected chi connectivity index (χ4v) is 3.84. The summed E-state index contributed by atoms with van der Waals surface area (Å²) in [4.78, 5) is 16.6. The third kappa shape index (κ3) is 5.44. The molecule has 4 rings (SSSR count). The lowest BCUT2D eigenvalue weighted by atomic mass is 9.96. The van der Waals surface area contributed by atoms with E-state index in [4.69, 9.17) is 4.99 Å². The number of pyridine rings is 1. The third-order valence-electron chi connectivity index (χ3n) is 5.92. The second-order valence-corrected chi connectivity index (χ2v) is 8.32. The standard InChI is InChI=1S/C26H29FN4O/c1-2-28-25(30-19-26(13-14-26)22-6-5-7-23(27)16-22)29-17-20-9-11-21(12-10-20)18-31-15-4-3-8-24(31)32/h3-12,15-16H,2,13-14,17-19H2,1H3,(H2,28,29,30). The normalized spacial score (nSPS) is 14.8. The van der Waals surface area contributed by atoms with Crippen molar-refractivity contribution in [3.05, 3.63) is 106 Å². The van der Waals surface area contributed by atoms with E-state index in [2.05, 4.69) is 10.6 Å². The van der Waals surface area contributed by atoms with Crippen LogP contribution < -0.4 is 16.2 Å². The van der Waals surface area contributed by atoms with Crippen molar-refractivity contribution in [3.8, 4) is 0 Å². The van der Waals surface area contributed by atoms with Crippen LogP contribution in [0.25, 0.3) is 0 Å². The molecule has 0 atom stereocenters. The van der Waals surface area contributed by atoms with Gasteiger partial charge in [-0.15, -0.1) is 0 Å². The van der Waals surface area contributed by atoms with Gasteiger partial charge in [0.1, 0.15) is 5.82 Å². The molecule has 0 unspecified atom stereocenters. The number of nitrogens with zero attached hydrogens (tertiary/aromatic N) is 2. The molecule has 1 aliphatic carbocycles. The van der Waals surface area contributed by atoms with E-state index in [1.807, 2.05) is 43.3 Å². The fourth-order valence-electron chi connectivity index (χ4n) is 3.84. The SMILES string of the molecule is CCNC(=NCc1ccc(Cn2ccccc2=O)cc1)NCC1(c2cccc(F)c2)CC1. The first kappa shape index (κ1) is 21.8. The molecule has 1 saturated carbocycles. The van der Waals surface area contributed by atoms with Gasteiger partial charge < -0.3 is 15.2 Å². The van der Waals surface area contributed by atoms with E-state index in [1.54, 1.807) is 35.0 Å². The summed E-state index contributed by atoms with van der Waals surface area (Å²) in [5.41, 5.74) is 3.21. The van der Waals surface area contributed by atoms with Gasteiger partial charge in [0.15, 0.2) is 5.96 Å². The molecule has 0 saturated heterocycles. The van der Waals surface area contributed by atoms with Crippen molar-refractivity contribution in [3.63, 3.8) is 0 Å². The van der Waals surface area contributed by atoms with Crippen LogP contribution in [0.2, 0.25) is 0 Å². The van der Waals surface area contributed by atoms with Gasteiger partial charge >= 0.3 is 0 Å². The van der Waals surface area contributed by atoms with E-state index >= 15 is 0 Å². The molecule has 1 aliphatic rings. The zero-order chi connectivity index (χ0) is 22.4. The van der Waals surface area contributed by atoms with Gasteiger partial charge in [-0.2, -0.15) is 0 Å². The smallest absolute Gasteiger partial charge is 0.250 e. The lowest BCUT2D eigenvalue weighted by molar-refractivity contribution is 0.607. The summed E-state index contributed by atoms with van der Waals surface area (Å²) < 4.78 is 15.3. The Morgan fingerprint density at radius 1 is 1.03 bits per heavy atom. The Morgan fingerprint density at radius 3 is 2.50 bits per heavy atom. The Balaban J connectivity index is 1.37. The van der Waals surface area contributed by atoms with Crippen LogP contribution in [0.5, 0.6) is 0 Å². The Morgan fingerprint density at radius 2 is 1.81 bits per heavy atom. The zero-order valence-electron chi connectivity index (χ0n) is 18.4. The van der Waals surface area contributed by atoms with E-state index in [0.717, 1.165) is 48.6 Å². The fraction of sp³-hybridized carbons (Fsp3) is 0.308. The van der Waals surface area contributed by atoms with Gasteiger partial charge in [-0.1, -0.05) is 42.5 Å². The summed E-state index contributed by atoms with van der Waals surface area (Å²) in [7, 11) is 0. The summed E-state index contributed by atoms with van der Waals surface area (Å²) in [6.45, 7) is 4.64. The number of aromatic nitrogens is 1. The van der Waals surface area contributed by atoms with Crippen molar-refractivity contribution < 1.29 is 4.39 Å². The molecular formula is C26H29FN4O. The summed E-state index contributed by atoms with van der Waals surface area (Å²) >= 11 is 0. The molecule has 0 amide bonds. The molecule has 1 fully saturated rings. The average Bonchev–Trinajstić information content (AvgIpc) is 3.59. The molecule has 5 nitrogen and oxygen atoms in total. The van der Waals surface area contributed by atoms with Crippen molar-refractivity contribution in [2.24, 2.45) is 4.99 Å². The van der Waals surface area contributed by atoms with Crippen molar-refractivity contribution in [1.82, 2.24) is 15.2 Å². The topological polar surface area (TPSA) is 58.4 Å². The van der Waals surface area contributed by atoms with Crippen LogP contribution in [0.4, 0.5) is 4.39 Å². The molecule has 0 radical (unpaired) electrons. The maximum Gasteiger partial charge on any atom is 0.250 e. The summed E-state index contributed by atoms with van der Waals surface area (Å²) in [5, 5.41) is 6.73. The van der Waals surface area contributed by atoms with Gasteiger partial charge in [0.05, 0.1) is 13.1 Å². The van der Waals surface area contributed by atoms with Gasteiger partial charge in [-0.3, -0.25) is 4.79 Å². The van der Waals surface area contributed by atoms with Crippen molar-refractivity contribution in [1.29, 1.82) is 0 Å². The Labute approximate surface area is 188 Å². The maximum atomic E-state index is 13.7. The van der Waals surface area contributed by atoms with Crippen LogP contribution in [0.3, 0.4) is 0 Å². The first-order valence-corrected chi connectivity index (χ1v) is 11.1. The molecule has 166 valence electrons. The van der Waals surface area contributed by atoms with Crippen LogP contribution in [0.15, 0.2) is 82.7 Å². The van der Waals surface area contributed by atoms with E-state index in [0.29, 0.717) is 13.1 Å². The molecule has 2 N–H and O–H groups in total. The number of guanidine groups is 1. The molecule has 6 heteroatoms. The molecule has 0 aliphatic heterocycles. The first-order chi connectivity index (χ1) is 15.6. The predicted molar refractivity (Wildman–Crippen MR) is 126 cm³/mol. The monoisotopic (exact) mass is 432 g/mol. The predicted octanol–water partition coefficient (Wildman–Crippen LogP) is 3.82. The second-order valence-electron chi connectivity index (χ2n) is 8.32. The molecule has 0 spiro atoms. The minimum absolute atomic E-state index is 0.00450. The summed E-state index contributed by atoms with van der Waals surface area (Å²) in [6, 6.07) is 20.3. The highest BCUT2D eigenvalue weighted by atomic mass is 19.1. The minimum Gasteiger partial charge on any atom is -0.357 e. The summed E-state index contributed by atoms with van der Waals surface area (Å²) in [5.74, 6) is 0.574. The van der Waals surface area contributed by atoms with Crippen LogP contribution >= 0.6 is 0 Å².